The van der Waals surface area contributed by atoms with Gasteiger partial charge < -0.3 is 9.47 Å². The van der Waals surface area contributed by atoms with E-state index in [0.29, 0.717) is 5.56 Å². The first-order chi connectivity index (χ1) is 11.2. The maximum absolute atomic E-state index is 12.0. The molecule has 0 N–H and O–H groups in total. The summed E-state index contributed by atoms with van der Waals surface area (Å²) in [6.45, 7) is 0. The van der Waals surface area contributed by atoms with Gasteiger partial charge in [0.05, 0.1) is 0 Å². The van der Waals surface area contributed by atoms with Crippen LogP contribution in [0.1, 0.15) is 17.4 Å². The van der Waals surface area contributed by atoms with E-state index in [2.05, 4.69) is 0 Å². The molecule has 0 saturated carbocycles. The molecule has 0 atom stereocenters. The van der Waals surface area contributed by atoms with Gasteiger partial charge in [-0.15, -0.1) is 0 Å². The number of allylic oxidation sites excluding steroid dienone is 2. The van der Waals surface area contributed by atoms with E-state index in [0.717, 1.165) is 5.56 Å². The molecule has 0 amide bonds. The van der Waals surface area contributed by atoms with Crippen molar-refractivity contribution in [3.63, 3.8) is 0 Å². The number of carbonyl (C=O) groups is 2. The predicted octanol–water partition coefficient (Wildman–Crippen LogP) is 3.43. The third-order valence-electron chi connectivity index (χ3n) is 3.29. The highest BCUT2D eigenvalue weighted by atomic mass is 16.7. The number of esters is 2. The van der Waals surface area contributed by atoms with E-state index in [9.17, 15) is 9.59 Å². The predicted molar refractivity (Wildman–Crippen MR) is 84.9 cm³/mol. The molecule has 3 rings (SSSR count). The number of carbonyl (C=O) groups excluding carboxylic acids is 2. The first-order valence-electron chi connectivity index (χ1n) is 7.14. The lowest BCUT2D eigenvalue weighted by molar-refractivity contribution is -0.195. The topological polar surface area (TPSA) is 52.6 Å². The quantitative estimate of drug-likeness (QED) is 0.495. The van der Waals surface area contributed by atoms with Crippen molar-refractivity contribution in [3.8, 4) is 0 Å². The molecule has 0 aliphatic carbocycles. The molecule has 0 bridgehead atoms. The first-order valence-corrected chi connectivity index (χ1v) is 7.14. The van der Waals surface area contributed by atoms with Crippen LogP contribution in [0.15, 0.2) is 78.4 Å². The third-order valence-corrected chi connectivity index (χ3v) is 3.29. The van der Waals surface area contributed by atoms with E-state index in [1.807, 2.05) is 36.4 Å². The summed E-state index contributed by atoms with van der Waals surface area (Å²) in [5, 5.41) is 0. The fourth-order valence-corrected chi connectivity index (χ4v) is 2.13. The Morgan fingerprint density at radius 3 is 1.96 bits per heavy atom. The summed E-state index contributed by atoms with van der Waals surface area (Å²) in [7, 11) is 0. The van der Waals surface area contributed by atoms with Gasteiger partial charge in [0.1, 0.15) is 5.57 Å². The lowest BCUT2D eigenvalue weighted by Gasteiger charge is -2.23. The van der Waals surface area contributed by atoms with Gasteiger partial charge in [0, 0.05) is 5.56 Å². The zero-order valence-corrected chi connectivity index (χ0v) is 12.2. The highest BCUT2D eigenvalue weighted by Crippen LogP contribution is 2.26. The van der Waals surface area contributed by atoms with Gasteiger partial charge in [0.2, 0.25) is 0 Å². The van der Waals surface area contributed by atoms with Gasteiger partial charge in [-0.1, -0.05) is 72.8 Å². The summed E-state index contributed by atoms with van der Waals surface area (Å²) in [4.78, 5) is 24.0. The van der Waals surface area contributed by atoms with Crippen LogP contribution in [0.2, 0.25) is 0 Å². The number of hydrogen-bond acceptors (Lipinski definition) is 4. The summed E-state index contributed by atoms with van der Waals surface area (Å²) in [6, 6.07) is 18.4. The second-order valence-corrected chi connectivity index (χ2v) is 4.90. The van der Waals surface area contributed by atoms with Gasteiger partial charge in [-0.05, 0) is 11.6 Å². The molecule has 4 heteroatoms. The van der Waals surface area contributed by atoms with Crippen LogP contribution in [0.25, 0.3) is 6.08 Å². The minimum Gasteiger partial charge on any atom is -0.417 e. The second-order valence-electron chi connectivity index (χ2n) is 4.90. The summed E-state index contributed by atoms with van der Waals surface area (Å²) >= 11 is 0. The second kappa shape index (κ2) is 6.75. The van der Waals surface area contributed by atoms with Crippen LogP contribution >= 0.6 is 0 Å². The van der Waals surface area contributed by atoms with Crippen molar-refractivity contribution in [2.75, 3.05) is 0 Å². The molecule has 0 spiro atoms. The number of cyclic esters (lactones) is 2. The van der Waals surface area contributed by atoms with Crippen molar-refractivity contribution < 1.29 is 19.1 Å². The molecular weight excluding hydrogens is 292 g/mol. The summed E-state index contributed by atoms with van der Waals surface area (Å²) in [5.74, 6) is -1.37. The van der Waals surface area contributed by atoms with E-state index in [-0.39, 0.29) is 5.57 Å². The van der Waals surface area contributed by atoms with Crippen LogP contribution in [-0.2, 0) is 19.1 Å². The largest absolute Gasteiger partial charge is 0.417 e. The van der Waals surface area contributed by atoms with Crippen LogP contribution < -0.4 is 0 Å². The SMILES string of the molecule is O=C1OC(c2ccccc2)OC(=O)C1=C/C=C/c1ccccc1. The lowest BCUT2D eigenvalue weighted by atomic mass is 10.1. The molecule has 0 radical (unpaired) electrons. The summed E-state index contributed by atoms with van der Waals surface area (Å²) < 4.78 is 10.3. The monoisotopic (exact) mass is 306 g/mol. The summed E-state index contributed by atoms with van der Waals surface area (Å²) in [6.07, 6.45) is 3.82. The molecule has 2 aromatic rings. The number of ether oxygens (including phenoxy) is 2. The maximum Gasteiger partial charge on any atom is 0.348 e. The fraction of sp³-hybridized carbons (Fsp3) is 0.0526. The van der Waals surface area contributed by atoms with Gasteiger partial charge >= 0.3 is 11.9 Å². The molecule has 114 valence electrons. The smallest absolute Gasteiger partial charge is 0.348 e. The Morgan fingerprint density at radius 2 is 1.35 bits per heavy atom. The maximum atomic E-state index is 12.0. The van der Waals surface area contributed by atoms with Gasteiger partial charge in [-0.25, -0.2) is 9.59 Å². The van der Waals surface area contributed by atoms with Gasteiger partial charge in [-0.3, -0.25) is 0 Å². The Labute approximate surface area is 133 Å². The van der Waals surface area contributed by atoms with Gasteiger partial charge in [-0.2, -0.15) is 0 Å². The van der Waals surface area contributed by atoms with Crippen LogP contribution in [0, 0.1) is 0 Å². The van der Waals surface area contributed by atoms with E-state index < -0.39 is 18.2 Å². The van der Waals surface area contributed by atoms with Gasteiger partial charge in [0.25, 0.3) is 6.29 Å². The average Bonchev–Trinajstić information content (AvgIpc) is 2.59. The first kappa shape index (κ1) is 14.8. The molecule has 2 aromatic carbocycles. The molecule has 1 fully saturated rings. The third kappa shape index (κ3) is 3.55. The van der Waals surface area contributed by atoms with Crippen LogP contribution in [-0.4, -0.2) is 11.9 Å². The van der Waals surface area contributed by atoms with Gasteiger partial charge in [0.15, 0.2) is 0 Å². The summed E-state index contributed by atoms with van der Waals surface area (Å²) in [5.41, 5.74) is 1.46. The van der Waals surface area contributed by atoms with E-state index >= 15 is 0 Å². The van der Waals surface area contributed by atoms with E-state index in [1.165, 1.54) is 6.08 Å². The molecule has 1 heterocycles. The normalized spacial score (nSPS) is 17.7. The Balaban J connectivity index is 1.73. The van der Waals surface area contributed by atoms with Crippen LogP contribution in [0.3, 0.4) is 0 Å². The Kier molecular flexibility index (Phi) is 4.34. The molecule has 1 saturated heterocycles. The average molecular weight is 306 g/mol. The number of rotatable bonds is 3. The van der Waals surface area contributed by atoms with Crippen molar-refractivity contribution in [2.45, 2.75) is 6.29 Å². The van der Waals surface area contributed by atoms with E-state index in [1.54, 1.807) is 36.4 Å². The standard InChI is InChI=1S/C19H14O4/c20-17-16(13-7-10-14-8-3-1-4-9-14)18(21)23-19(22-17)15-11-5-2-6-12-15/h1-13,19H/b10-7+,16-13?. The highest BCUT2D eigenvalue weighted by Gasteiger charge is 2.33. The minimum atomic E-state index is -0.994. The molecule has 23 heavy (non-hydrogen) atoms. The minimum absolute atomic E-state index is 0.121. The number of benzene rings is 2. The number of hydrogen-bond donors (Lipinski definition) is 0. The Hall–Kier alpha value is -3.14. The van der Waals surface area contributed by atoms with E-state index in [4.69, 9.17) is 9.47 Å². The lowest BCUT2D eigenvalue weighted by Crippen LogP contribution is -2.29. The van der Waals surface area contributed by atoms with Crippen molar-refractivity contribution in [1.82, 2.24) is 0 Å². The van der Waals surface area contributed by atoms with Crippen molar-refractivity contribution in [3.05, 3.63) is 89.5 Å². The highest BCUT2D eigenvalue weighted by molar-refractivity contribution is 6.15. The molecular formula is C19H14O4. The molecule has 4 nitrogen and oxygen atoms in total. The molecule has 1 aliphatic heterocycles. The van der Waals surface area contributed by atoms with Crippen LogP contribution in [0.5, 0.6) is 0 Å². The zero-order valence-electron chi connectivity index (χ0n) is 12.2. The van der Waals surface area contributed by atoms with Crippen molar-refractivity contribution in [2.24, 2.45) is 0 Å². The zero-order chi connectivity index (χ0) is 16.1. The van der Waals surface area contributed by atoms with Crippen LogP contribution in [0.4, 0.5) is 0 Å². The van der Waals surface area contributed by atoms with Crippen molar-refractivity contribution >= 4 is 18.0 Å². The Morgan fingerprint density at radius 1 is 0.783 bits per heavy atom. The van der Waals surface area contributed by atoms with Crippen molar-refractivity contribution in [1.29, 1.82) is 0 Å². The molecule has 1 aliphatic rings. The molecule has 0 aromatic heterocycles. The molecule has 0 unspecified atom stereocenters. The Bertz CT molecular complexity index is 740. The fourth-order valence-electron chi connectivity index (χ4n) is 2.13.